The number of carbonyl (C=O) groups excluding carboxylic acids is 1. The van der Waals surface area contributed by atoms with Crippen LogP contribution in [0.4, 0.5) is 0 Å². The Kier molecular flexibility index (Phi) is 6.20. The molecule has 1 aromatic carbocycles. The topological polar surface area (TPSA) is 67.8 Å². The molecule has 0 fully saturated rings. The van der Waals surface area contributed by atoms with Crippen LogP contribution in [0.3, 0.4) is 0 Å². The number of hydrogen-bond acceptors (Lipinski definition) is 4. The van der Waals surface area contributed by atoms with Gasteiger partial charge in [-0.15, -0.1) is 0 Å². The van der Waals surface area contributed by atoms with Gasteiger partial charge in [0.2, 0.25) is 5.91 Å². The van der Waals surface area contributed by atoms with Crippen molar-refractivity contribution in [2.75, 3.05) is 0 Å². The number of nitrogens with zero attached hydrogens (tertiary/aromatic N) is 3. The zero-order valence-electron chi connectivity index (χ0n) is 16.4. The normalized spacial score (nSPS) is 11.8. The van der Waals surface area contributed by atoms with Crippen LogP contribution >= 0.6 is 0 Å². The molecule has 4 aromatic rings. The lowest BCUT2D eigenvalue weighted by molar-refractivity contribution is -0.121. The van der Waals surface area contributed by atoms with Crippen LogP contribution in [0.1, 0.15) is 34.2 Å². The van der Waals surface area contributed by atoms with E-state index in [0.717, 1.165) is 22.3 Å². The number of nitrogens with one attached hydrogen (secondary N) is 1. The zero-order valence-corrected chi connectivity index (χ0v) is 16.4. The van der Waals surface area contributed by atoms with Gasteiger partial charge in [-0.2, -0.15) is 0 Å². The molecule has 148 valence electrons. The number of carbonyl (C=O) groups is 1. The third-order valence-corrected chi connectivity index (χ3v) is 4.99. The van der Waals surface area contributed by atoms with Crippen molar-refractivity contribution < 1.29 is 4.79 Å². The first-order valence-corrected chi connectivity index (χ1v) is 9.84. The molecule has 3 heterocycles. The minimum atomic E-state index is -0.316. The van der Waals surface area contributed by atoms with Gasteiger partial charge < -0.3 is 5.32 Å². The summed E-state index contributed by atoms with van der Waals surface area (Å²) >= 11 is 0. The Morgan fingerprint density at radius 2 is 1.23 bits per heavy atom. The maximum absolute atomic E-state index is 13.0. The summed E-state index contributed by atoms with van der Waals surface area (Å²) in [6, 6.07) is 21.2. The van der Waals surface area contributed by atoms with Crippen LogP contribution in [0, 0.1) is 0 Å². The SMILES string of the molecule is O=C(Cc1ccccc1)NC(c1cccnc1)C(c1cccnc1)c1cccnc1. The molecular weight excluding hydrogens is 372 g/mol. The Labute approximate surface area is 175 Å². The first kappa shape index (κ1) is 19.5. The van der Waals surface area contributed by atoms with E-state index in [-0.39, 0.29) is 17.9 Å². The van der Waals surface area contributed by atoms with Crippen molar-refractivity contribution >= 4 is 5.91 Å². The zero-order chi connectivity index (χ0) is 20.6. The van der Waals surface area contributed by atoms with Gasteiger partial charge in [-0.3, -0.25) is 19.7 Å². The number of rotatable bonds is 7. The van der Waals surface area contributed by atoms with Gasteiger partial charge >= 0.3 is 0 Å². The molecular formula is C25H22N4O. The third-order valence-electron chi connectivity index (χ3n) is 4.99. The molecule has 0 aliphatic heterocycles. The number of pyridine rings is 3. The van der Waals surface area contributed by atoms with Gasteiger partial charge in [0.05, 0.1) is 12.5 Å². The van der Waals surface area contributed by atoms with Crippen LogP contribution in [-0.4, -0.2) is 20.9 Å². The average Bonchev–Trinajstić information content (AvgIpc) is 2.81. The summed E-state index contributed by atoms with van der Waals surface area (Å²) in [7, 11) is 0. The Bertz CT molecular complexity index is 1020. The minimum absolute atomic E-state index is 0.0483. The maximum atomic E-state index is 13.0. The van der Waals surface area contributed by atoms with E-state index in [0.29, 0.717) is 6.42 Å². The maximum Gasteiger partial charge on any atom is 0.224 e. The van der Waals surface area contributed by atoms with E-state index >= 15 is 0 Å². The van der Waals surface area contributed by atoms with Crippen LogP contribution in [0.15, 0.2) is 104 Å². The van der Waals surface area contributed by atoms with E-state index in [2.05, 4.69) is 20.3 Å². The second kappa shape index (κ2) is 9.56. The molecule has 0 radical (unpaired) electrons. The van der Waals surface area contributed by atoms with Crippen molar-refractivity contribution in [2.45, 2.75) is 18.4 Å². The summed E-state index contributed by atoms with van der Waals surface area (Å²) in [4.78, 5) is 25.9. The van der Waals surface area contributed by atoms with Crippen LogP contribution in [0.2, 0.25) is 0 Å². The fourth-order valence-electron chi connectivity index (χ4n) is 3.62. The number of benzene rings is 1. The predicted molar refractivity (Wildman–Crippen MR) is 116 cm³/mol. The molecule has 0 saturated carbocycles. The van der Waals surface area contributed by atoms with Gasteiger partial charge in [0, 0.05) is 43.1 Å². The van der Waals surface area contributed by atoms with Crippen molar-refractivity contribution in [1.82, 2.24) is 20.3 Å². The van der Waals surface area contributed by atoms with Gasteiger partial charge in [-0.1, -0.05) is 48.5 Å². The first-order chi connectivity index (χ1) is 14.8. The largest absolute Gasteiger partial charge is 0.348 e. The number of amides is 1. The molecule has 0 saturated heterocycles. The standard InChI is InChI=1S/C25H22N4O/c30-23(15-19-7-2-1-3-8-19)29-25(22-11-6-14-28-18-22)24(20-9-4-12-26-16-20)21-10-5-13-27-17-21/h1-14,16-18,24-25H,15H2,(H,29,30). The van der Waals surface area contributed by atoms with E-state index in [1.807, 2.05) is 79.1 Å². The summed E-state index contributed by atoms with van der Waals surface area (Å²) in [5, 5.41) is 3.24. The van der Waals surface area contributed by atoms with E-state index in [9.17, 15) is 4.79 Å². The molecule has 1 unspecified atom stereocenters. The predicted octanol–water partition coefficient (Wildman–Crippen LogP) is 4.10. The molecule has 0 bridgehead atoms. The summed E-state index contributed by atoms with van der Waals surface area (Å²) < 4.78 is 0. The molecule has 3 aromatic heterocycles. The van der Waals surface area contributed by atoms with E-state index in [1.165, 1.54) is 0 Å². The molecule has 5 heteroatoms. The smallest absolute Gasteiger partial charge is 0.224 e. The molecule has 0 aliphatic rings. The van der Waals surface area contributed by atoms with E-state index < -0.39 is 0 Å². The molecule has 0 aliphatic carbocycles. The summed E-state index contributed by atoms with van der Waals surface area (Å²) in [5.41, 5.74) is 3.90. The summed E-state index contributed by atoms with van der Waals surface area (Å²) in [6.45, 7) is 0. The molecule has 30 heavy (non-hydrogen) atoms. The van der Waals surface area contributed by atoms with E-state index in [4.69, 9.17) is 0 Å². The fourth-order valence-corrected chi connectivity index (χ4v) is 3.62. The lowest BCUT2D eigenvalue weighted by atomic mass is 9.83. The lowest BCUT2D eigenvalue weighted by Gasteiger charge is -2.29. The molecule has 0 spiro atoms. The summed E-state index contributed by atoms with van der Waals surface area (Å²) in [5.74, 6) is -0.204. The first-order valence-electron chi connectivity index (χ1n) is 9.84. The second-order valence-corrected chi connectivity index (χ2v) is 7.04. The molecule has 5 nitrogen and oxygen atoms in total. The Morgan fingerprint density at radius 1 is 0.700 bits per heavy atom. The van der Waals surface area contributed by atoms with E-state index in [1.54, 1.807) is 24.8 Å². The number of aromatic nitrogens is 3. The van der Waals surface area contributed by atoms with Crippen LogP contribution in [0.25, 0.3) is 0 Å². The molecule has 4 rings (SSSR count). The highest BCUT2D eigenvalue weighted by molar-refractivity contribution is 5.79. The van der Waals surface area contributed by atoms with Gasteiger partial charge in [-0.25, -0.2) is 0 Å². The van der Waals surface area contributed by atoms with Gasteiger partial charge in [0.1, 0.15) is 0 Å². The fraction of sp³-hybridized carbons (Fsp3) is 0.120. The van der Waals surface area contributed by atoms with Gasteiger partial charge in [0.25, 0.3) is 0 Å². The van der Waals surface area contributed by atoms with Crippen molar-refractivity contribution in [3.63, 3.8) is 0 Å². The lowest BCUT2D eigenvalue weighted by Crippen LogP contribution is -2.34. The van der Waals surface area contributed by atoms with Gasteiger partial charge in [-0.05, 0) is 40.5 Å². The highest BCUT2D eigenvalue weighted by Crippen LogP contribution is 2.36. The van der Waals surface area contributed by atoms with Crippen molar-refractivity contribution in [3.05, 3.63) is 126 Å². The molecule has 1 amide bonds. The Morgan fingerprint density at radius 3 is 1.73 bits per heavy atom. The second-order valence-electron chi connectivity index (χ2n) is 7.04. The minimum Gasteiger partial charge on any atom is -0.348 e. The van der Waals surface area contributed by atoms with Crippen LogP contribution in [0.5, 0.6) is 0 Å². The highest BCUT2D eigenvalue weighted by Gasteiger charge is 2.28. The van der Waals surface area contributed by atoms with Crippen LogP contribution in [-0.2, 0) is 11.2 Å². The van der Waals surface area contributed by atoms with Crippen LogP contribution < -0.4 is 5.32 Å². The summed E-state index contributed by atoms with van der Waals surface area (Å²) in [6.07, 6.45) is 11.0. The molecule has 1 atom stereocenters. The molecule has 1 N–H and O–H groups in total. The highest BCUT2D eigenvalue weighted by atomic mass is 16.1. The van der Waals surface area contributed by atoms with Crippen molar-refractivity contribution in [2.24, 2.45) is 0 Å². The average molecular weight is 394 g/mol. The monoisotopic (exact) mass is 394 g/mol. The van der Waals surface area contributed by atoms with Crippen molar-refractivity contribution in [3.8, 4) is 0 Å². The quantitative estimate of drug-likeness (QED) is 0.512. The Hall–Kier alpha value is -3.86. The number of hydrogen-bond donors (Lipinski definition) is 1. The van der Waals surface area contributed by atoms with Crippen molar-refractivity contribution in [1.29, 1.82) is 0 Å². The van der Waals surface area contributed by atoms with Gasteiger partial charge in [0.15, 0.2) is 0 Å². The Balaban J connectivity index is 1.72. The third kappa shape index (κ3) is 4.75.